The molecule has 0 nitrogen and oxygen atoms in total. The molecule has 24 rings (SSSR count). The SMILES string of the molecule is c1ccc(-c2cccc(-c3c4ccccc4c(-c4cc(-c5ccccc5)ccc4-c4ccccc4)c4ccccc34)c2)cc1.c1ccc(-c2cccc(-c3c4ccccc4c(-c4ccc(-c5ccccc5)c(-c5ccccc5)c4)c4ccccc34)c2)cc1.c1ccc(-c2cccc(-c3c4ccccc4c(-c4cccc(-c5ccccc5)c4-c4ccccc4)c4ccccc34)c2)cc1. The van der Waals surface area contributed by atoms with Gasteiger partial charge in [-0.25, -0.2) is 0 Å². The average molecular weight is 1680 g/mol. The van der Waals surface area contributed by atoms with Crippen LogP contribution in [0.25, 0.3) is 232 Å². The van der Waals surface area contributed by atoms with Crippen molar-refractivity contribution in [1.29, 1.82) is 0 Å². The largest absolute Gasteiger partial charge is 0.0622 e. The topological polar surface area (TPSA) is 0 Å². The highest BCUT2D eigenvalue weighted by Gasteiger charge is 2.26. The average Bonchev–Trinajstić information content (AvgIpc) is 0.734. The first kappa shape index (κ1) is 80.7. The van der Waals surface area contributed by atoms with Crippen LogP contribution in [0.1, 0.15) is 0 Å². The number of fused-ring (bicyclic) bond motifs is 6. The summed E-state index contributed by atoms with van der Waals surface area (Å²) >= 11 is 0. The summed E-state index contributed by atoms with van der Waals surface area (Å²) in [5, 5.41) is 15.1. The van der Waals surface area contributed by atoms with Crippen molar-refractivity contribution in [3.05, 3.63) is 546 Å². The van der Waals surface area contributed by atoms with Crippen LogP contribution < -0.4 is 0 Å². The molecule has 24 aromatic carbocycles. The Bertz CT molecular complexity index is 7880. The number of hydrogen-bond acceptors (Lipinski definition) is 0. The van der Waals surface area contributed by atoms with Gasteiger partial charge in [0.25, 0.3) is 0 Å². The van der Waals surface area contributed by atoms with Crippen molar-refractivity contribution in [3.8, 4) is 167 Å². The minimum Gasteiger partial charge on any atom is -0.0622 e. The van der Waals surface area contributed by atoms with Crippen LogP contribution in [0.4, 0.5) is 0 Å². The zero-order valence-electron chi connectivity index (χ0n) is 73.0. The fourth-order valence-electron chi connectivity index (χ4n) is 20.1. The van der Waals surface area contributed by atoms with Crippen molar-refractivity contribution in [2.75, 3.05) is 0 Å². The lowest BCUT2D eigenvalue weighted by Crippen LogP contribution is -1.94. The predicted octanol–water partition coefficient (Wildman–Crippen LogP) is 37.0. The summed E-state index contributed by atoms with van der Waals surface area (Å²) in [6, 6.07) is 198. The van der Waals surface area contributed by atoms with Crippen molar-refractivity contribution in [1.82, 2.24) is 0 Å². The van der Waals surface area contributed by atoms with Gasteiger partial charge < -0.3 is 0 Å². The Kier molecular flexibility index (Phi) is 22.4. The molecule has 0 bridgehead atoms. The summed E-state index contributed by atoms with van der Waals surface area (Å²) in [5.74, 6) is 0. The zero-order chi connectivity index (χ0) is 87.9. The standard InChI is InChI=1S/3C44H30/c1-4-16-31(17-5-1)34-22-14-23-35(30-34)43-37-24-10-12-26-39(37)44(40-27-13-11-25-38(40)43)41-29-15-28-36(32-18-6-2-7-19-32)42(41)33-20-8-3-9-21-33;1-4-15-31(16-5-1)34-21-14-22-36(29-34)43-38-23-10-12-25-40(38)44(41-26-13-11-24-39(41)43)42-30-35(32-17-6-2-7-18-32)27-28-37(42)33-19-8-3-9-20-33;1-4-15-31(16-5-1)34-21-14-22-35(29-34)43-38-23-10-12-25-40(38)44(41-26-13-11-24-39(41)43)36-27-28-37(32-17-6-2-7-18-32)42(30-36)33-19-8-3-9-20-33/h3*1-30H. The lowest BCUT2D eigenvalue weighted by Gasteiger charge is -2.21. The smallest absolute Gasteiger partial charge is 0.00199 e. The number of hydrogen-bond donors (Lipinski definition) is 0. The molecule has 0 saturated heterocycles. The molecule has 0 aliphatic rings. The lowest BCUT2D eigenvalue weighted by molar-refractivity contribution is 1.57. The van der Waals surface area contributed by atoms with Crippen LogP contribution in [0.3, 0.4) is 0 Å². The minimum atomic E-state index is 1.22. The third kappa shape index (κ3) is 15.8. The second-order valence-electron chi connectivity index (χ2n) is 33.8. The summed E-state index contributed by atoms with van der Waals surface area (Å²) in [6.07, 6.45) is 0. The third-order valence-electron chi connectivity index (χ3n) is 26.0. The first-order chi connectivity index (χ1) is 65.6. The summed E-state index contributed by atoms with van der Waals surface area (Å²) in [4.78, 5) is 0. The highest BCUT2D eigenvalue weighted by molar-refractivity contribution is 6.26. The lowest BCUT2D eigenvalue weighted by atomic mass is 9.81. The molecule has 618 valence electrons. The number of rotatable bonds is 15. The van der Waals surface area contributed by atoms with Gasteiger partial charge in [-0.2, -0.15) is 0 Å². The molecule has 0 amide bonds. The van der Waals surface area contributed by atoms with Crippen LogP contribution in [0.15, 0.2) is 546 Å². The van der Waals surface area contributed by atoms with E-state index in [0.717, 1.165) is 0 Å². The second kappa shape index (κ2) is 36.7. The van der Waals surface area contributed by atoms with E-state index < -0.39 is 0 Å². The minimum absolute atomic E-state index is 1.22. The molecule has 0 aliphatic heterocycles. The molecule has 0 saturated carbocycles. The molecule has 24 aromatic rings. The normalized spacial score (nSPS) is 11.2. The zero-order valence-corrected chi connectivity index (χ0v) is 73.0. The van der Waals surface area contributed by atoms with Crippen molar-refractivity contribution >= 4 is 64.6 Å². The van der Waals surface area contributed by atoms with E-state index in [2.05, 4.69) is 546 Å². The van der Waals surface area contributed by atoms with Gasteiger partial charge in [0.1, 0.15) is 0 Å². The Morgan fingerprint density at radius 1 is 0.0682 bits per heavy atom. The quantitative estimate of drug-likeness (QED) is 0.0898. The summed E-state index contributed by atoms with van der Waals surface area (Å²) in [7, 11) is 0. The van der Waals surface area contributed by atoms with E-state index in [0.29, 0.717) is 0 Å². The molecule has 0 heteroatoms. The highest BCUT2D eigenvalue weighted by Crippen LogP contribution is 2.53. The van der Waals surface area contributed by atoms with Crippen LogP contribution in [-0.4, -0.2) is 0 Å². The maximum absolute atomic E-state index is 2.39. The van der Waals surface area contributed by atoms with Gasteiger partial charge in [0, 0.05) is 0 Å². The van der Waals surface area contributed by atoms with E-state index in [4.69, 9.17) is 0 Å². The van der Waals surface area contributed by atoms with E-state index in [1.165, 1.54) is 232 Å². The van der Waals surface area contributed by atoms with E-state index in [1.807, 2.05) is 0 Å². The van der Waals surface area contributed by atoms with Crippen LogP contribution in [0.5, 0.6) is 0 Å². The van der Waals surface area contributed by atoms with E-state index in [-0.39, 0.29) is 0 Å². The molecule has 0 spiro atoms. The first-order valence-electron chi connectivity index (χ1n) is 45.6. The summed E-state index contributed by atoms with van der Waals surface area (Å²) in [5.41, 5.74) is 37.1. The van der Waals surface area contributed by atoms with Gasteiger partial charge in [-0.05, 0) is 262 Å². The predicted molar refractivity (Wildman–Crippen MR) is 566 cm³/mol. The molecule has 0 heterocycles. The van der Waals surface area contributed by atoms with Crippen LogP contribution >= 0.6 is 0 Å². The van der Waals surface area contributed by atoms with Gasteiger partial charge in [0.15, 0.2) is 0 Å². The van der Waals surface area contributed by atoms with Gasteiger partial charge in [-0.15, -0.1) is 0 Å². The Labute approximate surface area is 772 Å². The molecule has 0 N–H and O–H groups in total. The summed E-state index contributed by atoms with van der Waals surface area (Å²) < 4.78 is 0. The van der Waals surface area contributed by atoms with E-state index >= 15 is 0 Å². The summed E-state index contributed by atoms with van der Waals surface area (Å²) in [6.45, 7) is 0. The fourth-order valence-corrected chi connectivity index (χ4v) is 20.1. The maximum atomic E-state index is 2.39. The van der Waals surface area contributed by atoms with Gasteiger partial charge in [0.2, 0.25) is 0 Å². The van der Waals surface area contributed by atoms with Crippen molar-refractivity contribution in [3.63, 3.8) is 0 Å². The Balaban J connectivity index is 0.000000116. The molecule has 0 aliphatic carbocycles. The molecular weight excluding hydrogens is 1590 g/mol. The first-order valence-corrected chi connectivity index (χ1v) is 45.6. The third-order valence-corrected chi connectivity index (χ3v) is 26.0. The maximum Gasteiger partial charge on any atom is -0.00199 e. The van der Waals surface area contributed by atoms with Crippen LogP contribution in [-0.2, 0) is 0 Å². The van der Waals surface area contributed by atoms with Gasteiger partial charge in [0.05, 0.1) is 0 Å². The number of benzene rings is 24. The molecule has 0 aromatic heterocycles. The second-order valence-corrected chi connectivity index (χ2v) is 33.8. The molecule has 132 heavy (non-hydrogen) atoms. The van der Waals surface area contributed by atoms with Crippen molar-refractivity contribution < 1.29 is 0 Å². The monoisotopic (exact) mass is 1670 g/mol. The molecule has 0 atom stereocenters. The molecule has 0 radical (unpaired) electrons. The highest BCUT2D eigenvalue weighted by atomic mass is 14.3. The van der Waals surface area contributed by atoms with Gasteiger partial charge in [-0.3, -0.25) is 0 Å². The molecule has 0 unspecified atom stereocenters. The van der Waals surface area contributed by atoms with Gasteiger partial charge >= 0.3 is 0 Å². The Morgan fingerprint density at radius 3 is 0.553 bits per heavy atom. The fraction of sp³-hybridized carbons (Fsp3) is 0. The van der Waals surface area contributed by atoms with Gasteiger partial charge in [-0.1, -0.05) is 516 Å². The van der Waals surface area contributed by atoms with Crippen molar-refractivity contribution in [2.45, 2.75) is 0 Å². The molecule has 0 fully saturated rings. The van der Waals surface area contributed by atoms with Crippen LogP contribution in [0.2, 0.25) is 0 Å². The van der Waals surface area contributed by atoms with Crippen molar-refractivity contribution in [2.24, 2.45) is 0 Å². The van der Waals surface area contributed by atoms with E-state index in [9.17, 15) is 0 Å². The molecular formula is C132H90. The Hall–Kier alpha value is -17.2. The Morgan fingerprint density at radius 2 is 0.250 bits per heavy atom. The van der Waals surface area contributed by atoms with Crippen LogP contribution in [0, 0.1) is 0 Å². The van der Waals surface area contributed by atoms with E-state index in [1.54, 1.807) is 0 Å².